The van der Waals surface area contributed by atoms with Gasteiger partial charge >= 0.3 is 5.97 Å². The molecule has 468 valence electrons. The summed E-state index contributed by atoms with van der Waals surface area (Å²) in [6.45, 7) is 6.82. The lowest BCUT2D eigenvalue weighted by Gasteiger charge is -2.30. The average Bonchev–Trinajstić information content (AvgIpc) is 3.43. The molecule has 0 aliphatic carbocycles. The zero-order valence-corrected chi connectivity index (χ0v) is 54.4. The number of carbonyl (C=O) groups is 2. The number of amides is 1. The largest absolute Gasteiger partial charge is 0.756 e. The number of rotatable bonds is 62. The lowest BCUT2D eigenvalue weighted by molar-refractivity contribution is -0.870. The first-order valence-corrected chi connectivity index (χ1v) is 35.6. The Hall–Kier alpha value is -2.29. The summed E-state index contributed by atoms with van der Waals surface area (Å²) in [5.74, 6) is -0.537. The van der Waals surface area contributed by atoms with E-state index in [1.807, 2.05) is 33.3 Å². The minimum Gasteiger partial charge on any atom is -0.756 e. The molecule has 0 fully saturated rings. The molecular formula is C70H131N2O7P. The molecule has 0 aliphatic rings. The lowest BCUT2D eigenvalue weighted by Crippen LogP contribution is -2.47. The predicted molar refractivity (Wildman–Crippen MR) is 344 cm³/mol. The van der Waals surface area contributed by atoms with Crippen LogP contribution in [0, 0.1) is 0 Å². The maximum atomic E-state index is 13.6. The number of phosphoric acid groups is 1. The predicted octanol–water partition coefficient (Wildman–Crippen LogP) is 20.8. The van der Waals surface area contributed by atoms with Crippen molar-refractivity contribution in [1.82, 2.24) is 5.32 Å². The average molecular weight is 1140 g/mol. The molecule has 1 N–H and O–H groups in total. The highest BCUT2D eigenvalue weighted by molar-refractivity contribution is 7.45. The third-order valence-electron chi connectivity index (χ3n) is 15.2. The van der Waals surface area contributed by atoms with Gasteiger partial charge in [0.05, 0.1) is 33.8 Å². The van der Waals surface area contributed by atoms with Crippen LogP contribution in [0.4, 0.5) is 0 Å². The number of phosphoric ester groups is 1. The smallest absolute Gasteiger partial charge is 0.306 e. The summed E-state index contributed by atoms with van der Waals surface area (Å²) >= 11 is 0. The van der Waals surface area contributed by atoms with E-state index in [-0.39, 0.29) is 31.5 Å². The van der Waals surface area contributed by atoms with Crippen molar-refractivity contribution < 1.29 is 37.3 Å². The van der Waals surface area contributed by atoms with Crippen LogP contribution in [-0.4, -0.2) is 69.4 Å². The van der Waals surface area contributed by atoms with Gasteiger partial charge in [0.25, 0.3) is 7.82 Å². The molecule has 3 unspecified atom stereocenters. The first kappa shape index (κ1) is 77.7. The van der Waals surface area contributed by atoms with E-state index in [1.54, 1.807) is 0 Å². The fourth-order valence-electron chi connectivity index (χ4n) is 9.88. The summed E-state index contributed by atoms with van der Waals surface area (Å²) in [4.78, 5) is 40.1. The Bertz CT molecular complexity index is 1550. The van der Waals surface area contributed by atoms with Crippen molar-refractivity contribution in [3.05, 3.63) is 60.8 Å². The normalized spacial score (nSPS) is 13.9. The third kappa shape index (κ3) is 60.3. The summed E-state index contributed by atoms with van der Waals surface area (Å²) in [6, 6.07) is -0.892. The number of ether oxygens (including phenoxy) is 1. The monoisotopic (exact) mass is 1140 g/mol. The molecule has 0 aromatic heterocycles. The first-order chi connectivity index (χ1) is 38.9. The molecule has 1 amide bonds. The van der Waals surface area contributed by atoms with Crippen LogP contribution in [0.3, 0.4) is 0 Å². The number of nitrogens with one attached hydrogen (secondary N) is 1. The highest BCUT2D eigenvalue weighted by Crippen LogP contribution is 2.38. The van der Waals surface area contributed by atoms with Gasteiger partial charge in [0.1, 0.15) is 19.3 Å². The van der Waals surface area contributed by atoms with Crippen molar-refractivity contribution in [2.24, 2.45) is 0 Å². The van der Waals surface area contributed by atoms with Crippen LogP contribution >= 0.6 is 7.82 Å². The summed E-state index contributed by atoms with van der Waals surface area (Å²) in [7, 11) is 1.19. The molecule has 0 aliphatic heterocycles. The number of hydrogen-bond acceptors (Lipinski definition) is 7. The van der Waals surface area contributed by atoms with Gasteiger partial charge in [-0.1, -0.05) is 275 Å². The Labute approximate surface area is 496 Å². The second-order valence-corrected chi connectivity index (χ2v) is 25.7. The fourth-order valence-corrected chi connectivity index (χ4v) is 10.6. The molecule has 0 heterocycles. The minimum atomic E-state index is -4.70. The Morgan fingerprint density at radius 3 is 1.15 bits per heavy atom. The minimum absolute atomic E-state index is 0.0234. The van der Waals surface area contributed by atoms with Gasteiger partial charge in [-0.25, -0.2) is 0 Å². The molecule has 0 spiro atoms. The molecule has 0 aromatic carbocycles. The van der Waals surface area contributed by atoms with Crippen molar-refractivity contribution in [1.29, 1.82) is 0 Å². The summed E-state index contributed by atoms with van der Waals surface area (Å²) in [6.07, 6.45) is 76.2. The molecule has 0 rings (SSSR count). The van der Waals surface area contributed by atoms with Crippen LogP contribution in [0.1, 0.15) is 323 Å². The van der Waals surface area contributed by atoms with Gasteiger partial charge in [-0.15, -0.1) is 0 Å². The van der Waals surface area contributed by atoms with E-state index in [0.29, 0.717) is 17.4 Å². The van der Waals surface area contributed by atoms with E-state index in [9.17, 15) is 19.0 Å². The van der Waals surface area contributed by atoms with Crippen LogP contribution in [-0.2, 0) is 27.9 Å². The molecule has 0 radical (unpaired) electrons. The van der Waals surface area contributed by atoms with Crippen LogP contribution in [0.15, 0.2) is 60.8 Å². The maximum Gasteiger partial charge on any atom is 0.306 e. The number of hydrogen-bond donors (Lipinski definition) is 1. The van der Waals surface area contributed by atoms with Gasteiger partial charge in [-0.05, 0) is 96.0 Å². The van der Waals surface area contributed by atoms with Crippen molar-refractivity contribution in [3.8, 4) is 0 Å². The summed E-state index contributed by atoms with van der Waals surface area (Å²) in [5.41, 5.74) is 0. The highest BCUT2D eigenvalue weighted by atomic mass is 31.2. The number of esters is 1. The SMILES string of the molecule is CCCCC/C=C\C/C=C\CCCCCCCCCCCCCCCC(=O)OC(/C=C/CCCCCCCCCCCC)C(COP(=O)([O-])OCC[N+](C)(C)C)NC(=O)CCCCCCCCCCC/C=C\C/C=C\CCCCC. The maximum absolute atomic E-state index is 13.6. The van der Waals surface area contributed by atoms with E-state index in [1.165, 1.54) is 205 Å². The molecule has 0 bridgehead atoms. The molecule has 9 nitrogen and oxygen atoms in total. The van der Waals surface area contributed by atoms with E-state index in [4.69, 9.17) is 13.8 Å². The van der Waals surface area contributed by atoms with Crippen LogP contribution < -0.4 is 10.2 Å². The molecule has 3 atom stereocenters. The highest BCUT2D eigenvalue weighted by Gasteiger charge is 2.27. The molecule has 0 saturated carbocycles. The van der Waals surface area contributed by atoms with E-state index >= 15 is 0 Å². The molecule has 10 heteroatoms. The Morgan fingerprint density at radius 2 is 0.762 bits per heavy atom. The van der Waals surface area contributed by atoms with Crippen LogP contribution in [0.5, 0.6) is 0 Å². The second kappa shape index (κ2) is 59.9. The van der Waals surface area contributed by atoms with Gasteiger partial charge in [0.15, 0.2) is 0 Å². The van der Waals surface area contributed by atoms with Gasteiger partial charge in [0, 0.05) is 12.8 Å². The number of unbranched alkanes of at least 4 members (excludes halogenated alkanes) is 38. The van der Waals surface area contributed by atoms with Crippen molar-refractivity contribution >= 4 is 19.7 Å². The Morgan fingerprint density at radius 1 is 0.438 bits per heavy atom. The molecule has 0 aromatic rings. The van der Waals surface area contributed by atoms with Crippen molar-refractivity contribution in [2.75, 3.05) is 40.9 Å². The van der Waals surface area contributed by atoms with Crippen molar-refractivity contribution in [3.63, 3.8) is 0 Å². The van der Waals surface area contributed by atoms with Crippen molar-refractivity contribution in [2.45, 2.75) is 335 Å². The van der Waals surface area contributed by atoms with Crippen LogP contribution in [0.2, 0.25) is 0 Å². The number of likely N-dealkylation sites (N-methyl/N-ethyl adjacent to an activating group) is 1. The fraction of sp³-hybridized carbons (Fsp3) is 0.829. The van der Waals surface area contributed by atoms with Gasteiger partial charge in [0.2, 0.25) is 5.91 Å². The Kier molecular flexibility index (Phi) is 58.1. The van der Waals surface area contributed by atoms with Gasteiger partial charge in [-0.2, -0.15) is 0 Å². The second-order valence-electron chi connectivity index (χ2n) is 24.3. The van der Waals surface area contributed by atoms with E-state index in [0.717, 1.165) is 83.5 Å². The summed E-state index contributed by atoms with van der Waals surface area (Å²) < 4.78 is 30.4. The number of nitrogens with zero attached hydrogens (tertiary/aromatic N) is 1. The number of carbonyl (C=O) groups excluding carboxylic acids is 2. The van der Waals surface area contributed by atoms with E-state index in [2.05, 4.69) is 74.7 Å². The zero-order valence-electron chi connectivity index (χ0n) is 53.5. The van der Waals surface area contributed by atoms with Gasteiger partial charge < -0.3 is 28.5 Å². The Balaban J connectivity index is 5.12. The molecular weight excluding hydrogens is 1010 g/mol. The third-order valence-corrected chi connectivity index (χ3v) is 16.1. The van der Waals surface area contributed by atoms with E-state index < -0.39 is 20.0 Å². The topological polar surface area (TPSA) is 114 Å². The quantitative estimate of drug-likeness (QED) is 0.0212. The molecule has 80 heavy (non-hydrogen) atoms. The summed E-state index contributed by atoms with van der Waals surface area (Å²) in [5, 5.41) is 3.04. The van der Waals surface area contributed by atoms with Gasteiger partial charge in [-0.3, -0.25) is 14.2 Å². The lowest BCUT2D eigenvalue weighted by atomic mass is 10.0. The zero-order chi connectivity index (χ0) is 58.6. The standard InChI is InChI=1S/C70H131N2O7P/c1-7-10-13-16-19-22-25-28-30-32-34-35-36-37-39-41-43-45-48-51-54-57-60-63-70(74)79-68(61-58-55-52-49-46-27-24-21-18-15-12-9-3)67(66-78-80(75,76)77-65-64-72(4,5)6)71-69(73)62-59-56-53-50-47-44-42-40-38-33-31-29-26-23-20-17-14-11-8-2/h19-20,22-23,28-31,58,61,67-68H,7-18,21,24-27,32-57,59-60,62-66H2,1-6H3,(H-,71,73,75,76)/b22-19-,23-20-,30-28-,31-29-,61-58+. The first-order valence-electron chi connectivity index (χ1n) is 34.1. The molecule has 0 saturated heterocycles. The van der Waals surface area contributed by atoms with Crippen LogP contribution in [0.25, 0.3) is 0 Å². The number of allylic oxidation sites excluding steroid dienone is 9. The number of quaternary nitrogens is 1.